The highest BCUT2D eigenvalue weighted by atomic mass is 32.1. The standard InChI is InChI=1S/C36H20N2S/c1-2-9-22(10-3-1)35-27-13-4-5-17-29(27)37-36(38-35)23-19-28-26-15-7-12-21-11-6-14-24(32(21)26)25-16-8-18-30-33(25)34(28)31(20-23)39-30/h1-20H. The van der Waals surface area contributed by atoms with E-state index in [0.717, 1.165) is 33.5 Å². The molecule has 0 N–H and O–H groups in total. The summed E-state index contributed by atoms with van der Waals surface area (Å²) in [6.45, 7) is 0. The van der Waals surface area contributed by atoms with E-state index in [4.69, 9.17) is 9.97 Å². The van der Waals surface area contributed by atoms with Crippen molar-refractivity contribution in [1.29, 1.82) is 0 Å². The minimum atomic E-state index is 0.757. The van der Waals surface area contributed by atoms with Gasteiger partial charge in [0.25, 0.3) is 0 Å². The molecule has 2 nitrogen and oxygen atoms in total. The van der Waals surface area contributed by atoms with Crippen molar-refractivity contribution in [2.45, 2.75) is 0 Å². The summed E-state index contributed by atoms with van der Waals surface area (Å²) < 4.78 is 2.59. The van der Waals surface area contributed by atoms with Crippen molar-refractivity contribution in [2.75, 3.05) is 0 Å². The number of hydrogen-bond donors (Lipinski definition) is 0. The van der Waals surface area contributed by atoms with Crippen molar-refractivity contribution < 1.29 is 0 Å². The van der Waals surface area contributed by atoms with Crippen LogP contribution in [0.15, 0.2) is 121 Å². The second-order valence-corrected chi connectivity index (χ2v) is 11.2. The van der Waals surface area contributed by atoms with Crippen LogP contribution in [0.1, 0.15) is 0 Å². The van der Waals surface area contributed by atoms with Crippen LogP contribution in [-0.4, -0.2) is 9.97 Å². The molecule has 2 aromatic heterocycles. The van der Waals surface area contributed by atoms with E-state index in [2.05, 4.69) is 115 Å². The number of hydrogen-bond acceptors (Lipinski definition) is 3. The molecule has 0 saturated carbocycles. The highest BCUT2D eigenvalue weighted by Crippen LogP contribution is 2.51. The van der Waals surface area contributed by atoms with Crippen molar-refractivity contribution in [3.05, 3.63) is 121 Å². The zero-order chi connectivity index (χ0) is 25.5. The maximum absolute atomic E-state index is 5.20. The highest BCUT2D eigenvalue weighted by molar-refractivity contribution is 7.26. The predicted octanol–water partition coefficient (Wildman–Crippen LogP) is 10.1. The molecule has 0 radical (unpaired) electrons. The molecule has 6 aromatic carbocycles. The summed E-state index contributed by atoms with van der Waals surface area (Å²) in [6.07, 6.45) is 0. The monoisotopic (exact) mass is 512 g/mol. The first kappa shape index (κ1) is 21.1. The lowest BCUT2D eigenvalue weighted by atomic mass is 9.93. The van der Waals surface area contributed by atoms with Gasteiger partial charge in [0.2, 0.25) is 0 Å². The molecular formula is C36H20N2S. The van der Waals surface area contributed by atoms with Gasteiger partial charge in [-0.05, 0) is 57.3 Å². The van der Waals surface area contributed by atoms with Gasteiger partial charge in [-0.3, -0.25) is 0 Å². The van der Waals surface area contributed by atoms with Crippen LogP contribution in [0.3, 0.4) is 0 Å². The Labute approximate surface area is 228 Å². The molecule has 0 bridgehead atoms. The molecule has 0 fully saturated rings. The Hall–Kier alpha value is -4.86. The summed E-state index contributed by atoms with van der Waals surface area (Å²) in [5.41, 5.74) is 9.22. The maximum atomic E-state index is 5.20. The van der Waals surface area contributed by atoms with Crippen molar-refractivity contribution >= 4 is 53.2 Å². The summed E-state index contributed by atoms with van der Waals surface area (Å²) in [7, 11) is 0. The SMILES string of the molecule is c1ccc(-c2nc(-c3cc4c5c(c3)sc3cccc(c35)-c3cccc5cccc-4c35)nc3ccccc23)cc1. The summed E-state index contributed by atoms with van der Waals surface area (Å²) in [5, 5.41) is 6.34. The van der Waals surface area contributed by atoms with Crippen LogP contribution >= 0.6 is 11.3 Å². The van der Waals surface area contributed by atoms with Gasteiger partial charge in [-0.15, -0.1) is 11.3 Å². The summed E-state index contributed by atoms with van der Waals surface area (Å²) in [5.74, 6) is 0.757. The molecule has 39 heavy (non-hydrogen) atoms. The third-order valence-corrected chi connectivity index (χ3v) is 9.09. The van der Waals surface area contributed by atoms with Gasteiger partial charge in [0.05, 0.1) is 11.2 Å². The van der Waals surface area contributed by atoms with E-state index in [-0.39, 0.29) is 0 Å². The number of thiophene rings is 1. The Balaban J connectivity index is 1.41. The van der Waals surface area contributed by atoms with E-state index in [1.54, 1.807) is 0 Å². The Kier molecular flexibility index (Phi) is 4.24. The fraction of sp³-hybridized carbons (Fsp3) is 0. The van der Waals surface area contributed by atoms with Crippen molar-refractivity contribution in [2.24, 2.45) is 0 Å². The van der Waals surface area contributed by atoms with Gasteiger partial charge in [0.1, 0.15) is 0 Å². The fourth-order valence-corrected chi connectivity index (χ4v) is 7.52. The third-order valence-electron chi connectivity index (χ3n) is 7.99. The first-order valence-corrected chi connectivity index (χ1v) is 14.0. The van der Waals surface area contributed by atoms with E-state index in [0.29, 0.717) is 0 Å². The molecule has 1 aliphatic carbocycles. The second kappa shape index (κ2) is 7.83. The van der Waals surface area contributed by atoms with Crippen molar-refractivity contribution in [3.63, 3.8) is 0 Å². The molecule has 0 saturated heterocycles. The van der Waals surface area contributed by atoms with Crippen LogP contribution < -0.4 is 0 Å². The van der Waals surface area contributed by atoms with E-state index in [9.17, 15) is 0 Å². The molecule has 3 heteroatoms. The molecule has 0 atom stereocenters. The lowest BCUT2D eigenvalue weighted by Gasteiger charge is -2.13. The lowest BCUT2D eigenvalue weighted by Crippen LogP contribution is -1.95. The number of fused-ring (bicyclic) bond motifs is 3. The van der Waals surface area contributed by atoms with Gasteiger partial charge in [-0.1, -0.05) is 97.1 Å². The quantitative estimate of drug-likeness (QED) is 0.230. The first-order valence-electron chi connectivity index (χ1n) is 13.2. The average Bonchev–Trinajstić information content (AvgIpc) is 3.33. The van der Waals surface area contributed by atoms with Crippen molar-refractivity contribution in [3.8, 4) is 44.9 Å². The summed E-state index contributed by atoms with van der Waals surface area (Å²) >= 11 is 1.86. The Morgan fingerprint density at radius 2 is 1.15 bits per heavy atom. The molecule has 0 spiro atoms. The highest BCUT2D eigenvalue weighted by Gasteiger charge is 2.23. The third kappa shape index (κ3) is 2.96. The van der Waals surface area contributed by atoms with Gasteiger partial charge in [0, 0.05) is 36.7 Å². The normalized spacial score (nSPS) is 12.1. The van der Waals surface area contributed by atoms with E-state index < -0.39 is 0 Å². The number of para-hydroxylation sites is 1. The van der Waals surface area contributed by atoms with E-state index in [1.165, 1.54) is 53.2 Å². The largest absolute Gasteiger partial charge is 0.228 e. The minimum absolute atomic E-state index is 0.757. The van der Waals surface area contributed by atoms with Gasteiger partial charge >= 0.3 is 0 Å². The maximum Gasteiger partial charge on any atom is 0.160 e. The topological polar surface area (TPSA) is 25.8 Å². The predicted molar refractivity (Wildman–Crippen MR) is 165 cm³/mol. The summed E-state index contributed by atoms with van der Waals surface area (Å²) in [6, 6.07) is 43.4. The van der Waals surface area contributed by atoms with Crippen molar-refractivity contribution in [1.82, 2.24) is 9.97 Å². The van der Waals surface area contributed by atoms with E-state index in [1.807, 2.05) is 17.4 Å². The Bertz CT molecular complexity index is 2270. The van der Waals surface area contributed by atoms with Crippen LogP contribution in [0.25, 0.3) is 86.7 Å². The Morgan fingerprint density at radius 1 is 0.462 bits per heavy atom. The van der Waals surface area contributed by atoms with Gasteiger partial charge in [-0.2, -0.15) is 0 Å². The van der Waals surface area contributed by atoms with Gasteiger partial charge in [-0.25, -0.2) is 9.97 Å². The number of rotatable bonds is 2. The summed E-state index contributed by atoms with van der Waals surface area (Å²) in [4.78, 5) is 10.3. The molecule has 2 heterocycles. The molecule has 1 aliphatic rings. The molecule has 0 amide bonds. The number of benzene rings is 6. The van der Waals surface area contributed by atoms with Crippen LogP contribution in [0.4, 0.5) is 0 Å². The van der Waals surface area contributed by atoms with Crippen LogP contribution in [0.5, 0.6) is 0 Å². The first-order chi connectivity index (χ1) is 19.3. The molecule has 9 rings (SSSR count). The van der Waals surface area contributed by atoms with Crippen LogP contribution in [-0.2, 0) is 0 Å². The smallest absolute Gasteiger partial charge is 0.160 e. The average molecular weight is 513 g/mol. The molecule has 180 valence electrons. The Morgan fingerprint density at radius 3 is 2.00 bits per heavy atom. The molecular weight excluding hydrogens is 492 g/mol. The zero-order valence-corrected chi connectivity index (χ0v) is 21.7. The zero-order valence-electron chi connectivity index (χ0n) is 20.8. The number of aromatic nitrogens is 2. The van der Waals surface area contributed by atoms with Gasteiger partial charge < -0.3 is 0 Å². The molecule has 0 unspecified atom stereocenters. The fourth-order valence-electron chi connectivity index (χ4n) is 6.32. The second-order valence-electron chi connectivity index (χ2n) is 10.2. The molecule has 8 aromatic rings. The van der Waals surface area contributed by atoms with E-state index >= 15 is 0 Å². The minimum Gasteiger partial charge on any atom is -0.228 e. The lowest BCUT2D eigenvalue weighted by molar-refractivity contribution is 1.23. The van der Waals surface area contributed by atoms with Crippen LogP contribution in [0, 0.1) is 0 Å². The van der Waals surface area contributed by atoms with Crippen LogP contribution in [0.2, 0.25) is 0 Å². The number of nitrogens with zero attached hydrogens (tertiary/aromatic N) is 2. The molecule has 0 aliphatic heterocycles. The van der Waals surface area contributed by atoms with Gasteiger partial charge in [0.15, 0.2) is 5.82 Å².